The lowest BCUT2D eigenvalue weighted by atomic mass is 10.1. The quantitative estimate of drug-likeness (QED) is 0.859. The second-order valence-electron chi connectivity index (χ2n) is 5.00. The Bertz CT molecular complexity index is 605. The number of benzene rings is 2. The van der Waals surface area contributed by atoms with E-state index in [1.54, 1.807) is 0 Å². The van der Waals surface area contributed by atoms with E-state index in [0.29, 0.717) is 17.8 Å². The molecule has 2 aromatic rings. The van der Waals surface area contributed by atoms with Crippen molar-refractivity contribution in [3.63, 3.8) is 0 Å². The summed E-state index contributed by atoms with van der Waals surface area (Å²) in [5.74, 6) is -0.816. The van der Waals surface area contributed by atoms with Crippen LogP contribution < -0.4 is 5.73 Å². The molecule has 0 aliphatic rings. The zero-order valence-electron chi connectivity index (χ0n) is 12.0. The van der Waals surface area contributed by atoms with Gasteiger partial charge in [-0.2, -0.15) is 0 Å². The van der Waals surface area contributed by atoms with Crippen LogP contribution in [0.3, 0.4) is 0 Å². The van der Waals surface area contributed by atoms with Gasteiger partial charge >= 0.3 is 0 Å². The van der Waals surface area contributed by atoms with Crippen LogP contribution in [0.15, 0.2) is 42.5 Å². The van der Waals surface area contributed by atoms with E-state index in [1.807, 2.05) is 43.1 Å². The summed E-state index contributed by atoms with van der Waals surface area (Å²) >= 11 is 0. The average molecular weight is 313 g/mol. The Morgan fingerprint density at radius 3 is 2.52 bits per heavy atom. The molecule has 0 aromatic heterocycles. The Hall–Kier alpha value is -1.65. The van der Waals surface area contributed by atoms with Crippen LogP contribution in [0.25, 0.3) is 0 Å². The van der Waals surface area contributed by atoms with Gasteiger partial charge in [0.25, 0.3) is 0 Å². The van der Waals surface area contributed by atoms with Crippen molar-refractivity contribution < 1.29 is 8.78 Å². The summed E-state index contributed by atoms with van der Waals surface area (Å²) in [6.07, 6.45) is 0. The van der Waals surface area contributed by atoms with Crippen molar-refractivity contribution in [1.29, 1.82) is 0 Å². The second-order valence-corrected chi connectivity index (χ2v) is 5.00. The lowest BCUT2D eigenvalue weighted by Crippen LogP contribution is -2.23. The number of anilines is 1. The fraction of sp³-hybridized carbons (Fsp3) is 0.250. The molecular weight excluding hydrogens is 294 g/mol. The van der Waals surface area contributed by atoms with Crippen molar-refractivity contribution >= 4 is 18.1 Å². The maximum absolute atomic E-state index is 13.8. The van der Waals surface area contributed by atoms with Crippen LogP contribution in [0.2, 0.25) is 0 Å². The van der Waals surface area contributed by atoms with E-state index in [2.05, 4.69) is 0 Å². The van der Waals surface area contributed by atoms with E-state index >= 15 is 0 Å². The molecule has 2 aromatic carbocycles. The Labute approximate surface area is 130 Å². The number of halogens is 3. The number of rotatable bonds is 4. The lowest BCUT2D eigenvalue weighted by molar-refractivity contribution is 0.247. The number of hydrogen-bond donors (Lipinski definition) is 1. The van der Waals surface area contributed by atoms with Crippen molar-refractivity contribution in [3.05, 3.63) is 65.2 Å². The standard InChI is InChI=1S/C16H18F2N2.ClH/c1-11(15-9-13(17)6-7-16(15)18)20(2)10-12-4-3-5-14(19)8-12;/h3-9,11H,10,19H2,1-2H3;1H. The largest absolute Gasteiger partial charge is 0.399 e. The maximum atomic E-state index is 13.8. The Morgan fingerprint density at radius 2 is 1.86 bits per heavy atom. The average Bonchev–Trinajstić information content (AvgIpc) is 2.40. The highest BCUT2D eigenvalue weighted by atomic mass is 35.5. The molecular formula is C16H19ClF2N2. The molecule has 1 unspecified atom stereocenters. The third-order valence-electron chi connectivity index (χ3n) is 3.45. The Morgan fingerprint density at radius 1 is 1.14 bits per heavy atom. The van der Waals surface area contributed by atoms with Gasteiger partial charge in [-0.3, -0.25) is 4.90 Å². The molecule has 2 rings (SSSR count). The Balaban J connectivity index is 0.00000220. The summed E-state index contributed by atoms with van der Waals surface area (Å²) < 4.78 is 27.0. The predicted molar refractivity (Wildman–Crippen MR) is 84.3 cm³/mol. The molecule has 0 spiro atoms. The summed E-state index contributed by atoms with van der Waals surface area (Å²) in [4.78, 5) is 1.95. The highest BCUT2D eigenvalue weighted by molar-refractivity contribution is 5.85. The third-order valence-corrected chi connectivity index (χ3v) is 3.45. The van der Waals surface area contributed by atoms with E-state index in [4.69, 9.17) is 5.73 Å². The van der Waals surface area contributed by atoms with Crippen LogP contribution in [0.5, 0.6) is 0 Å². The van der Waals surface area contributed by atoms with Gasteiger partial charge in [-0.05, 0) is 49.9 Å². The van der Waals surface area contributed by atoms with Crippen LogP contribution >= 0.6 is 12.4 Å². The van der Waals surface area contributed by atoms with Gasteiger partial charge < -0.3 is 5.73 Å². The summed E-state index contributed by atoms with van der Waals surface area (Å²) in [7, 11) is 1.87. The number of nitrogens with zero attached hydrogens (tertiary/aromatic N) is 1. The molecule has 5 heteroatoms. The number of nitrogens with two attached hydrogens (primary N) is 1. The van der Waals surface area contributed by atoms with E-state index in [0.717, 1.165) is 17.7 Å². The first-order chi connectivity index (χ1) is 9.47. The summed E-state index contributed by atoms with van der Waals surface area (Å²) in [6, 6.07) is 10.8. The fourth-order valence-electron chi connectivity index (χ4n) is 2.19. The molecule has 1 atom stereocenters. The topological polar surface area (TPSA) is 29.3 Å². The zero-order chi connectivity index (χ0) is 14.7. The molecule has 0 amide bonds. The smallest absolute Gasteiger partial charge is 0.128 e. The third kappa shape index (κ3) is 4.41. The van der Waals surface area contributed by atoms with Crippen LogP contribution in [0.1, 0.15) is 24.1 Å². The molecule has 0 radical (unpaired) electrons. The molecule has 2 nitrogen and oxygen atoms in total. The highest BCUT2D eigenvalue weighted by Crippen LogP contribution is 2.24. The molecule has 2 N–H and O–H groups in total. The SMILES string of the molecule is CC(c1cc(F)ccc1F)N(C)Cc1cccc(N)c1.Cl. The predicted octanol–water partition coefficient (Wildman–Crippen LogP) is 4.16. The molecule has 21 heavy (non-hydrogen) atoms. The van der Waals surface area contributed by atoms with Gasteiger partial charge in [0.15, 0.2) is 0 Å². The first-order valence-corrected chi connectivity index (χ1v) is 6.47. The molecule has 0 heterocycles. The summed E-state index contributed by atoms with van der Waals surface area (Å²) in [5.41, 5.74) is 7.83. The number of nitrogen functional groups attached to an aromatic ring is 1. The lowest BCUT2D eigenvalue weighted by Gasteiger charge is -2.25. The first-order valence-electron chi connectivity index (χ1n) is 6.47. The van der Waals surface area contributed by atoms with Gasteiger partial charge in [0.05, 0.1) is 0 Å². The van der Waals surface area contributed by atoms with E-state index in [1.165, 1.54) is 6.07 Å². The molecule has 0 fully saturated rings. The summed E-state index contributed by atoms with van der Waals surface area (Å²) in [6.45, 7) is 2.46. The van der Waals surface area contributed by atoms with Crippen molar-refractivity contribution in [2.24, 2.45) is 0 Å². The number of hydrogen-bond acceptors (Lipinski definition) is 2. The normalized spacial score (nSPS) is 12.0. The fourth-order valence-corrected chi connectivity index (χ4v) is 2.19. The van der Waals surface area contributed by atoms with Crippen molar-refractivity contribution in [2.45, 2.75) is 19.5 Å². The highest BCUT2D eigenvalue weighted by Gasteiger charge is 2.16. The minimum absolute atomic E-state index is 0. The molecule has 0 bridgehead atoms. The second kappa shape index (κ2) is 7.38. The molecule has 0 aliphatic heterocycles. The maximum Gasteiger partial charge on any atom is 0.128 e. The van der Waals surface area contributed by atoms with Gasteiger partial charge in [0.1, 0.15) is 11.6 Å². The van der Waals surface area contributed by atoms with Crippen LogP contribution in [0, 0.1) is 11.6 Å². The van der Waals surface area contributed by atoms with Gasteiger partial charge in [0.2, 0.25) is 0 Å². The monoisotopic (exact) mass is 312 g/mol. The first kappa shape index (κ1) is 17.4. The van der Waals surface area contributed by atoms with Crippen molar-refractivity contribution in [3.8, 4) is 0 Å². The Kier molecular flexibility index (Phi) is 6.12. The minimum atomic E-state index is -0.425. The zero-order valence-corrected chi connectivity index (χ0v) is 12.8. The van der Waals surface area contributed by atoms with Crippen LogP contribution in [-0.2, 0) is 6.54 Å². The van der Waals surface area contributed by atoms with Crippen LogP contribution in [-0.4, -0.2) is 11.9 Å². The van der Waals surface area contributed by atoms with Gasteiger partial charge in [0, 0.05) is 23.8 Å². The molecule has 114 valence electrons. The molecule has 0 saturated heterocycles. The van der Waals surface area contributed by atoms with E-state index in [9.17, 15) is 8.78 Å². The van der Waals surface area contributed by atoms with E-state index in [-0.39, 0.29) is 18.4 Å². The molecule has 0 saturated carbocycles. The van der Waals surface area contributed by atoms with Crippen molar-refractivity contribution in [1.82, 2.24) is 4.90 Å². The summed E-state index contributed by atoms with van der Waals surface area (Å²) in [5, 5.41) is 0. The van der Waals surface area contributed by atoms with E-state index < -0.39 is 11.6 Å². The van der Waals surface area contributed by atoms with Crippen LogP contribution in [0.4, 0.5) is 14.5 Å². The minimum Gasteiger partial charge on any atom is -0.399 e. The van der Waals surface area contributed by atoms with Gasteiger partial charge in [-0.25, -0.2) is 8.78 Å². The van der Waals surface area contributed by atoms with Gasteiger partial charge in [-0.15, -0.1) is 12.4 Å². The van der Waals surface area contributed by atoms with Crippen molar-refractivity contribution in [2.75, 3.05) is 12.8 Å². The van der Waals surface area contributed by atoms with Gasteiger partial charge in [-0.1, -0.05) is 12.1 Å². The molecule has 0 aliphatic carbocycles.